The summed E-state index contributed by atoms with van der Waals surface area (Å²) in [4.78, 5) is 0.268. The number of benzene rings is 2. The van der Waals surface area contributed by atoms with Gasteiger partial charge < -0.3 is 10.5 Å². The van der Waals surface area contributed by atoms with Crippen LogP contribution in [0.5, 0.6) is 5.75 Å². The van der Waals surface area contributed by atoms with Gasteiger partial charge in [0, 0.05) is 5.69 Å². The van der Waals surface area contributed by atoms with Crippen molar-refractivity contribution in [3.63, 3.8) is 0 Å². The van der Waals surface area contributed by atoms with Gasteiger partial charge in [0.25, 0.3) is 0 Å². The van der Waals surface area contributed by atoms with Crippen LogP contribution in [0.3, 0.4) is 0 Å². The van der Waals surface area contributed by atoms with Crippen molar-refractivity contribution < 1.29 is 13.2 Å². The zero-order valence-electron chi connectivity index (χ0n) is 10.5. The van der Waals surface area contributed by atoms with Gasteiger partial charge in [0.05, 0.1) is 17.8 Å². The van der Waals surface area contributed by atoms with E-state index in [1.165, 1.54) is 12.1 Å². The highest BCUT2D eigenvalue weighted by molar-refractivity contribution is 7.90. The number of rotatable bonds is 4. The molecule has 19 heavy (non-hydrogen) atoms. The SMILES string of the molecule is COc1cccc(CS(=O)(=O)c2ccc(N)cc2)c1. The van der Waals surface area contributed by atoms with Crippen LogP contribution in [-0.2, 0) is 15.6 Å². The van der Waals surface area contributed by atoms with Gasteiger partial charge in [0.2, 0.25) is 0 Å². The van der Waals surface area contributed by atoms with Crippen LogP contribution in [0.4, 0.5) is 5.69 Å². The van der Waals surface area contributed by atoms with Crippen molar-refractivity contribution in [3.8, 4) is 5.75 Å². The van der Waals surface area contributed by atoms with Crippen LogP contribution < -0.4 is 10.5 Å². The molecule has 2 N–H and O–H groups in total. The number of ether oxygens (including phenoxy) is 1. The molecule has 0 aliphatic rings. The lowest BCUT2D eigenvalue weighted by atomic mass is 10.2. The zero-order valence-corrected chi connectivity index (χ0v) is 11.4. The van der Waals surface area contributed by atoms with Crippen molar-refractivity contribution >= 4 is 15.5 Å². The van der Waals surface area contributed by atoms with E-state index >= 15 is 0 Å². The van der Waals surface area contributed by atoms with Gasteiger partial charge in [-0.25, -0.2) is 8.42 Å². The lowest BCUT2D eigenvalue weighted by Gasteiger charge is -2.06. The maximum atomic E-state index is 12.2. The molecule has 5 heteroatoms. The van der Waals surface area contributed by atoms with E-state index in [0.29, 0.717) is 17.0 Å². The molecule has 0 radical (unpaired) electrons. The third kappa shape index (κ3) is 3.26. The molecular weight excluding hydrogens is 262 g/mol. The first-order chi connectivity index (χ1) is 9.01. The van der Waals surface area contributed by atoms with Gasteiger partial charge >= 0.3 is 0 Å². The molecule has 0 spiro atoms. The predicted molar refractivity (Wildman–Crippen MR) is 74.7 cm³/mol. The van der Waals surface area contributed by atoms with Crippen molar-refractivity contribution in [1.82, 2.24) is 0 Å². The van der Waals surface area contributed by atoms with E-state index in [4.69, 9.17) is 10.5 Å². The number of nitrogen functional groups attached to an aromatic ring is 1. The van der Waals surface area contributed by atoms with Crippen LogP contribution in [-0.4, -0.2) is 15.5 Å². The van der Waals surface area contributed by atoms with E-state index in [-0.39, 0.29) is 10.6 Å². The van der Waals surface area contributed by atoms with Crippen molar-refractivity contribution in [1.29, 1.82) is 0 Å². The second-order valence-corrected chi connectivity index (χ2v) is 6.17. The van der Waals surface area contributed by atoms with Crippen LogP contribution >= 0.6 is 0 Å². The Hall–Kier alpha value is -2.01. The van der Waals surface area contributed by atoms with Crippen molar-refractivity contribution in [3.05, 3.63) is 54.1 Å². The summed E-state index contributed by atoms with van der Waals surface area (Å²) in [5.41, 5.74) is 6.78. The van der Waals surface area contributed by atoms with Crippen LogP contribution in [0.2, 0.25) is 0 Å². The molecule has 0 saturated heterocycles. The highest BCUT2D eigenvalue weighted by Crippen LogP contribution is 2.20. The van der Waals surface area contributed by atoms with Gasteiger partial charge in [-0.2, -0.15) is 0 Å². The van der Waals surface area contributed by atoms with E-state index in [9.17, 15) is 8.42 Å². The Kier molecular flexibility index (Phi) is 3.76. The Morgan fingerprint density at radius 3 is 2.42 bits per heavy atom. The molecule has 0 aliphatic carbocycles. The summed E-state index contributed by atoms with van der Waals surface area (Å²) >= 11 is 0. The summed E-state index contributed by atoms with van der Waals surface area (Å²) in [5, 5.41) is 0. The van der Waals surface area contributed by atoms with Crippen LogP contribution in [0.25, 0.3) is 0 Å². The molecule has 2 rings (SSSR count). The van der Waals surface area contributed by atoms with Gasteiger partial charge in [-0.15, -0.1) is 0 Å². The molecule has 0 bridgehead atoms. The summed E-state index contributed by atoms with van der Waals surface area (Å²) in [6.07, 6.45) is 0. The van der Waals surface area contributed by atoms with Crippen molar-refractivity contribution in [2.24, 2.45) is 0 Å². The summed E-state index contributed by atoms with van der Waals surface area (Å²) in [6.45, 7) is 0. The van der Waals surface area contributed by atoms with E-state index in [2.05, 4.69) is 0 Å². The fourth-order valence-electron chi connectivity index (χ4n) is 1.74. The first kappa shape index (κ1) is 13.4. The number of anilines is 1. The normalized spacial score (nSPS) is 11.2. The number of hydrogen-bond donors (Lipinski definition) is 1. The van der Waals surface area contributed by atoms with Gasteiger partial charge in [-0.1, -0.05) is 12.1 Å². The molecular formula is C14H15NO3S. The molecule has 2 aromatic carbocycles. The first-order valence-corrected chi connectivity index (χ1v) is 7.38. The minimum absolute atomic E-state index is 0.0614. The van der Waals surface area contributed by atoms with E-state index < -0.39 is 9.84 Å². The Labute approximate surface area is 112 Å². The summed E-state index contributed by atoms with van der Waals surface area (Å²) in [6, 6.07) is 13.2. The highest BCUT2D eigenvalue weighted by Gasteiger charge is 2.15. The monoisotopic (exact) mass is 277 g/mol. The standard InChI is InChI=1S/C14H15NO3S/c1-18-13-4-2-3-11(9-13)10-19(16,17)14-7-5-12(15)6-8-14/h2-9H,10,15H2,1H3. The number of hydrogen-bond acceptors (Lipinski definition) is 4. The summed E-state index contributed by atoms with van der Waals surface area (Å²) < 4.78 is 29.5. The molecule has 0 atom stereocenters. The molecule has 0 unspecified atom stereocenters. The second-order valence-electron chi connectivity index (χ2n) is 4.18. The minimum Gasteiger partial charge on any atom is -0.497 e. The van der Waals surface area contributed by atoms with Gasteiger partial charge in [-0.05, 0) is 42.0 Å². The van der Waals surface area contributed by atoms with Crippen molar-refractivity contribution in [2.45, 2.75) is 10.6 Å². The quantitative estimate of drug-likeness (QED) is 0.870. The summed E-state index contributed by atoms with van der Waals surface area (Å²) in [5.74, 6) is 0.582. The predicted octanol–water partition coefficient (Wildman–Crippen LogP) is 2.25. The first-order valence-electron chi connectivity index (χ1n) is 5.72. The maximum absolute atomic E-state index is 12.2. The van der Waals surface area contributed by atoms with Gasteiger partial charge in [-0.3, -0.25) is 0 Å². The van der Waals surface area contributed by atoms with E-state index in [1.807, 2.05) is 0 Å². The third-order valence-corrected chi connectivity index (χ3v) is 4.43. The number of methoxy groups -OCH3 is 1. The average Bonchev–Trinajstić information content (AvgIpc) is 2.39. The minimum atomic E-state index is -3.37. The largest absolute Gasteiger partial charge is 0.497 e. The van der Waals surface area contributed by atoms with Gasteiger partial charge in [0.15, 0.2) is 9.84 Å². The topological polar surface area (TPSA) is 69.4 Å². The lowest BCUT2D eigenvalue weighted by molar-refractivity contribution is 0.414. The van der Waals surface area contributed by atoms with Crippen LogP contribution in [0.1, 0.15) is 5.56 Å². The smallest absolute Gasteiger partial charge is 0.182 e. The molecule has 100 valence electrons. The summed E-state index contributed by atoms with van der Waals surface area (Å²) in [7, 11) is -1.82. The Morgan fingerprint density at radius 1 is 1.11 bits per heavy atom. The lowest BCUT2D eigenvalue weighted by Crippen LogP contribution is -2.05. The Morgan fingerprint density at radius 2 is 1.79 bits per heavy atom. The number of sulfone groups is 1. The highest BCUT2D eigenvalue weighted by atomic mass is 32.2. The van der Waals surface area contributed by atoms with E-state index in [1.54, 1.807) is 43.5 Å². The molecule has 0 amide bonds. The van der Waals surface area contributed by atoms with Crippen molar-refractivity contribution in [2.75, 3.05) is 12.8 Å². The number of nitrogens with two attached hydrogens (primary N) is 1. The van der Waals surface area contributed by atoms with E-state index in [0.717, 1.165) is 0 Å². The zero-order chi connectivity index (χ0) is 13.9. The third-order valence-electron chi connectivity index (χ3n) is 2.73. The second kappa shape index (κ2) is 5.32. The molecule has 0 heterocycles. The fraction of sp³-hybridized carbons (Fsp3) is 0.143. The Bertz CT molecular complexity index is 663. The van der Waals surface area contributed by atoms with Crippen LogP contribution in [0, 0.1) is 0 Å². The molecule has 4 nitrogen and oxygen atoms in total. The molecule has 0 aliphatic heterocycles. The fourth-order valence-corrected chi connectivity index (χ4v) is 3.08. The average molecular weight is 277 g/mol. The maximum Gasteiger partial charge on any atom is 0.182 e. The molecule has 0 saturated carbocycles. The molecule has 2 aromatic rings. The Balaban J connectivity index is 2.28. The molecule has 0 fully saturated rings. The van der Waals surface area contributed by atoms with Crippen LogP contribution in [0.15, 0.2) is 53.4 Å². The van der Waals surface area contributed by atoms with Gasteiger partial charge in [0.1, 0.15) is 5.75 Å². The molecule has 0 aromatic heterocycles.